The molecular weight excluding hydrogens is 381 g/mol. The van der Waals surface area contributed by atoms with Gasteiger partial charge in [0.2, 0.25) is 10.0 Å². The number of carbonyl (C=O) groups excluding carboxylic acids is 1. The second kappa shape index (κ2) is 7.63. The summed E-state index contributed by atoms with van der Waals surface area (Å²) in [6.07, 6.45) is -0.141. The molecular formula is C14H13Cl2NO4S2. The number of hydrogen-bond acceptors (Lipinski definition) is 5. The van der Waals surface area contributed by atoms with Crippen LogP contribution < -0.4 is 4.72 Å². The van der Waals surface area contributed by atoms with E-state index < -0.39 is 22.0 Å². The van der Waals surface area contributed by atoms with Crippen molar-refractivity contribution in [3.05, 3.63) is 50.6 Å². The molecule has 1 heterocycles. The summed E-state index contributed by atoms with van der Waals surface area (Å²) in [5.74, 6) is -0.531. The average Bonchev–Trinajstić information content (AvgIpc) is 2.99. The maximum atomic E-state index is 12.6. The third-order valence-corrected chi connectivity index (χ3v) is 6.38. The topological polar surface area (TPSA) is 72.5 Å². The molecule has 0 radical (unpaired) electrons. The van der Waals surface area contributed by atoms with Crippen LogP contribution in [-0.4, -0.2) is 21.5 Å². The van der Waals surface area contributed by atoms with Crippen LogP contribution in [0, 0.1) is 0 Å². The molecule has 0 aliphatic rings. The van der Waals surface area contributed by atoms with E-state index in [1.165, 1.54) is 30.6 Å². The molecule has 9 heteroatoms. The fourth-order valence-corrected chi connectivity index (χ4v) is 5.14. The molecule has 1 N–H and O–H groups in total. The fourth-order valence-electron chi connectivity index (χ4n) is 1.93. The van der Waals surface area contributed by atoms with E-state index in [1.807, 2.05) is 0 Å². The van der Waals surface area contributed by atoms with Crippen molar-refractivity contribution < 1.29 is 17.9 Å². The minimum Gasteiger partial charge on any atom is -0.469 e. The van der Waals surface area contributed by atoms with Crippen molar-refractivity contribution in [1.29, 1.82) is 0 Å². The Morgan fingerprint density at radius 3 is 2.43 bits per heavy atom. The van der Waals surface area contributed by atoms with Crippen molar-refractivity contribution in [2.24, 2.45) is 0 Å². The number of rotatable bonds is 6. The normalized spacial score (nSPS) is 12.8. The summed E-state index contributed by atoms with van der Waals surface area (Å²) in [7, 11) is -2.77. The zero-order valence-corrected chi connectivity index (χ0v) is 15.1. The van der Waals surface area contributed by atoms with Crippen LogP contribution in [0.3, 0.4) is 0 Å². The summed E-state index contributed by atoms with van der Waals surface area (Å²) in [5.41, 5.74) is 0. The van der Waals surface area contributed by atoms with Crippen molar-refractivity contribution in [3.63, 3.8) is 0 Å². The highest BCUT2D eigenvalue weighted by Gasteiger charge is 2.28. The van der Waals surface area contributed by atoms with E-state index >= 15 is 0 Å². The highest BCUT2D eigenvalue weighted by atomic mass is 35.5. The number of methoxy groups -OCH3 is 1. The van der Waals surface area contributed by atoms with Crippen LogP contribution in [0.2, 0.25) is 10.0 Å². The smallest absolute Gasteiger partial charge is 0.307 e. The van der Waals surface area contributed by atoms with Gasteiger partial charge in [-0.1, -0.05) is 35.3 Å². The first-order valence-corrected chi connectivity index (χ1v) is 9.53. The second-order valence-electron chi connectivity index (χ2n) is 4.52. The van der Waals surface area contributed by atoms with E-state index in [-0.39, 0.29) is 21.4 Å². The van der Waals surface area contributed by atoms with E-state index in [4.69, 9.17) is 23.2 Å². The number of sulfonamides is 1. The van der Waals surface area contributed by atoms with E-state index in [1.54, 1.807) is 23.6 Å². The predicted molar refractivity (Wildman–Crippen MR) is 90.5 cm³/mol. The van der Waals surface area contributed by atoms with E-state index in [9.17, 15) is 13.2 Å². The predicted octanol–water partition coefficient (Wildman–Crippen LogP) is 3.64. The average molecular weight is 394 g/mol. The van der Waals surface area contributed by atoms with Crippen LogP contribution in [-0.2, 0) is 19.6 Å². The first kappa shape index (κ1) is 18.2. The van der Waals surface area contributed by atoms with Crippen LogP contribution in [0.1, 0.15) is 17.3 Å². The molecule has 0 saturated carbocycles. The molecule has 0 saturated heterocycles. The van der Waals surface area contributed by atoms with Crippen LogP contribution in [0.15, 0.2) is 40.6 Å². The maximum absolute atomic E-state index is 12.6. The Hall–Kier alpha value is -1.12. The van der Waals surface area contributed by atoms with Gasteiger partial charge in [-0.3, -0.25) is 4.79 Å². The van der Waals surface area contributed by atoms with Gasteiger partial charge in [0.1, 0.15) is 4.90 Å². The molecule has 1 unspecified atom stereocenters. The maximum Gasteiger partial charge on any atom is 0.307 e. The SMILES string of the molecule is COC(=O)CC(NS(=O)(=O)c1c(Cl)cccc1Cl)c1cccs1. The van der Waals surface area contributed by atoms with Gasteiger partial charge in [-0.15, -0.1) is 11.3 Å². The highest BCUT2D eigenvalue weighted by Crippen LogP contribution is 2.31. The summed E-state index contributed by atoms with van der Waals surface area (Å²) in [6.45, 7) is 0. The minimum atomic E-state index is -4.02. The van der Waals surface area contributed by atoms with Gasteiger partial charge < -0.3 is 4.74 Å². The third kappa shape index (κ3) is 4.45. The quantitative estimate of drug-likeness (QED) is 0.760. The number of halogens is 2. The lowest BCUT2D eigenvalue weighted by molar-refractivity contribution is -0.141. The lowest BCUT2D eigenvalue weighted by atomic mass is 10.2. The van der Waals surface area contributed by atoms with E-state index in [0.717, 1.165) is 0 Å². The lowest BCUT2D eigenvalue weighted by Gasteiger charge is -2.17. The van der Waals surface area contributed by atoms with Gasteiger partial charge in [0.05, 0.1) is 29.6 Å². The first-order valence-electron chi connectivity index (χ1n) is 6.41. The summed E-state index contributed by atoms with van der Waals surface area (Å²) in [6, 6.07) is 7.15. The molecule has 23 heavy (non-hydrogen) atoms. The van der Waals surface area contributed by atoms with Crippen LogP contribution in [0.4, 0.5) is 0 Å². The zero-order chi connectivity index (χ0) is 17.0. The lowest BCUT2D eigenvalue weighted by Crippen LogP contribution is -2.30. The van der Waals surface area contributed by atoms with Crippen LogP contribution in [0.5, 0.6) is 0 Å². The Bertz CT molecular complexity index is 771. The molecule has 124 valence electrons. The Labute approximate surface area is 148 Å². The number of hydrogen-bond donors (Lipinski definition) is 1. The van der Waals surface area contributed by atoms with E-state index in [2.05, 4.69) is 9.46 Å². The Balaban J connectivity index is 2.37. The summed E-state index contributed by atoms with van der Waals surface area (Å²) < 4.78 is 32.3. The second-order valence-corrected chi connectivity index (χ2v) is 7.96. The van der Waals surface area contributed by atoms with E-state index in [0.29, 0.717) is 4.88 Å². The standard InChI is InChI=1S/C14H13Cl2NO4S2/c1-21-13(18)8-11(12-6-3-7-22-12)17-23(19,20)14-9(15)4-2-5-10(14)16/h2-7,11,17H,8H2,1H3. The molecule has 0 spiro atoms. The van der Waals surface area contributed by atoms with Crippen molar-refractivity contribution in [2.75, 3.05) is 7.11 Å². The molecule has 1 atom stereocenters. The zero-order valence-electron chi connectivity index (χ0n) is 12.0. The summed E-state index contributed by atoms with van der Waals surface area (Å²) >= 11 is 13.3. The first-order chi connectivity index (χ1) is 10.8. The molecule has 1 aromatic heterocycles. The highest BCUT2D eigenvalue weighted by molar-refractivity contribution is 7.89. The molecule has 0 fully saturated rings. The van der Waals surface area contributed by atoms with Crippen LogP contribution in [0.25, 0.3) is 0 Å². The number of benzene rings is 1. The van der Waals surface area contributed by atoms with Crippen molar-refractivity contribution in [3.8, 4) is 0 Å². The molecule has 5 nitrogen and oxygen atoms in total. The van der Waals surface area contributed by atoms with Gasteiger partial charge in [0.15, 0.2) is 0 Å². The Morgan fingerprint density at radius 1 is 1.26 bits per heavy atom. The summed E-state index contributed by atoms with van der Waals surface area (Å²) in [4.78, 5) is 12.0. The number of ether oxygens (including phenoxy) is 1. The molecule has 0 bridgehead atoms. The van der Waals surface area contributed by atoms with Gasteiger partial charge in [-0.05, 0) is 23.6 Å². The van der Waals surface area contributed by atoms with Gasteiger partial charge in [-0.25, -0.2) is 13.1 Å². The van der Waals surface area contributed by atoms with Crippen molar-refractivity contribution in [1.82, 2.24) is 4.72 Å². The van der Waals surface area contributed by atoms with Crippen molar-refractivity contribution in [2.45, 2.75) is 17.4 Å². The third-order valence-electron chi connectivity index (χ3n) is 2.97. The number of thiophene rings is 1. The van der Waals surface area contributed by atoms with Gasteiger partial charge in [0.25, 0.3) is 0 Å². The number of esters is 1. The summed E-state index contributed by atoms with van der Waals surface area (Å²) in [5, 5.41) is 1.80. The fraction of sp³-hybridized carbons (Fsp3) is 0.214. The monoisotopic (exact) mass is 393 g/mol. The van der Waals surface area contributed by atoms with Gasteiger partial charge in [-0.2, -0.15) is 0 Å². The largest absolute Gasteiger partial charge is 0.469 e. The Kier molecular flexibility index (Phi) is 6.05. The van der Waals surface area contributed by atoms with Gasteiger partial charge in [0, 0.05) is 4.88 Å². The Morgan fingerprint density at radius 2 is 1.91 bits per heavy atom. The molecule has 0 amide bonds. The molecule has 0 aliphatic heterocycles. The molecule has 2 aromatic rings. The van der Waals surface area contributed by atoms with Crippen LogP contribution >= 0.6 is 34.5 Å². The minimum absolute atomic E-state index is 0.00741. The number of nitrogens with one attached hydrogen (secondary N) is 1. The molecule has 1 aromatic carbocycles. The molecule has 2 rings (SSSR count). The molecule has 0 aliphatic carbocycles. The van der Waals surface area contributed by atoms with Gasteiger partial charge >= 0.3 is 5.97 Å². The number of carbonyl (C=O) groups is 1. The van der Waals surface area contributed by atoms with Crippen molar-refractivity contribution >= 4 is 50.5 Å².